The topological polar surface area (TPSA) is 89.5 Å². The van der Waals surface area contributed by atoms with Crippen LogP contribution in [0.5, 0.6) is 0 Å². The minimum Gasteiger partial charge on any atom is -0.461 e. The second-order valence-electron chi connectivity index (χ2n) is 7.71. The summed E-state index contributed by atoms with van der Waals surface area (Å²) in [4.78, 5) is 21.5. The number of halogens is 22. The molecule has 47 heavy (non-hydrogen) atoms. The Morgan fingerprint density at radius 2 is 0.553 bits per heavy atom. The monoisotopic (exact) mass is 760 g/mol. The van der Waals surface area contributed by atoms with Gasteiger partial charge in [-0.2, -0.15) is 96.6 Å². The zero-order chi connectivity index (χ0) is 38.3. The molecule has 0 bridgehead atoms. The standard InChI is InChI=1S/C17H10F22O8/c1-3-42-5(40)7(18,19)10(24,25)44-14(32,33)16(36,37)46-12(28,29)9(22,23)13(30,31)47-17(38,39)15(34,35)45-11(26,27)8(20,21)6(41)43-4-2/h3-4H2,1-2H3. The van der Waals surface area contributed by atoms with Gasteiger partial charge in [0.1, 0.15) is 0 Å². The molecular formula is C17H10F22O8. The van der Waals surface area contributed by atoms with Crippen LogP contribution in [0.1, 0.15) is 13.8 Å². The first-order valence-corrected chi connectivity index (χ1v) is 10.6. The zero-order valence-corrected chi connectivity index (χ0v) is 21.5. The number of alkyl halides is 22. The molecule has 0 saturated heterocycles. The molecule has 0 saturated carbocycles. The van der Waals surface area contributed by atoms with Crippen molar-refractivity contribution in [2.45, 2.75) is 80.5 Å². The molecule has 0 amide bonds. The molecule has 0 aromatic carbocycles. The second-order valence-corrected chi connectivity index (χ2v) is 7.71. The molecule has 0 fully saturated rings. The Labute approximate surface area is 241 Å². The molecule has 0 N–H and O–H groups in total. The number of carbonyl (C=O) groups excluding carboxylic acids is 2. The Bertz CT molecular complexity index is 1040. The summed E-state index contributed by atoms with van der Waals surface area (Å²) in [5.41, 5.74) is 0. The fourth-order valence-corrected chi connectivity index (χ4v) is 1.99. The lowest BCUT2D eigenvalue weighted by Crippen LogP contribution is -2.65. The summed E-state index contributed by atoms with van der Waals surface area (Å²) < 4.78 is 307. The Morgan fingerprint density at radius 1 is 0.362 bits per heavy atom. The molecule has 30 heteroatoms. The summed E-state index contributed by atoms with van der Waals surface area (Å²) in [6.07, 6.45) is -63.0. The van der Waals surface area contributed by atoms with Gasteiger partial charge >= 0.3 is 78.6 Å². The van der Waals surface area contributed by atoms with Crippen LogP contribution < -0.4 is 0 Å². The summed E-state index contributed by atoms with van der Waals surface area (Å²) in [6, 6.07) is 0. The zero-order valence-electron chi connectivity index (χ0n) is 21.5. The lowest BCUT2D eigenvalue weighted by molar-refractivity contribution is -0.573. The van der Waals surface area contributed by atoms with Crippen molar-refractivity contribution >= 4 is 11.9 Å². The molecule has 0 aromatic heterocycles. The summed E-state index contributed by atoms with van der Waals surface area (Å²) in [5, 5.41) is 0. The van der Waals surface area contributed by atoms with Crippen LogP contribution in [0.15, 0.2) is 0 Å². The van der Waals surface area contributed by atoms with Crippen LogP contribution >= 0.6 is 0 Å². The normalized spacial score (nSPS) is 15.5. The maximum absolute atomic E-state index is 13.6. The summed E-state index contributed by atoms with van der Waals surface area (Å²) >= 11 is 0. The Morgan fingerprint density at radius 3 is 0.745 bits per heavy atom. The number of hydrogen-bond acceptors (Lipinski definition) is 8. The minimum absolute atomic E-state index is 0.593. The van der Waals surface area contributed by atoms with Gasteiger partial charge in [-0.1, -0.05) is 0 Å². The molecule has 0 heterocycles. The van der Waals surface area contributed by atoms with Crippen molar-refractivity contribution in [3.8, 4) is 0 Å². The van der Waals surface area contributed by atoms with Crippen LogP contribution in [-0.4, -0.2) is 91.8 Å². The van der Waals surface area contributed by atoms with E-state index in [0.717, 1.165) is 0 Å². The molecule has 0 atom stereocenters. The van der Waals surface area contributed by atoms with Crippen molar-refractivity contribution in [3.63, 3.8) is 0 Å². The summed E-state index contributed by atoms with van der Waals surface area (Å²) in [5.74, 6) is -29.1. The van der Waals surface area contributed by atoms with E-state index in [0.29, 0.717) is 13.8 Å². The first-order chi connectivity index (χ1) is 20.3. The number of esters is 2. The number of carbonyl (C=O) groups is 2. The molecule has 0 aliphatic carbocycles. The van der Waals surface area contributed by atoms with E-state index < -0.39 is 91.8 Å². The van der Waals surface area contributed by atoms with Crippen molar-refractivity contribution in [2.75, 3.05) is 13.2 Å². The highest BCUT2D eigenvalue weighted by Crippen LogP contribution is 2.55. The maximum Gasteiger partial charge on any atom is 0.453 e. The molecule has 0 rings (SSSR count). The second kappa shape index (κ2) is 12.9. The highest BCUT2D eigenvalue weighted by molar-refractivity contribution is 5.79. The molecule has 0 unspecified atom stereocenters. The first-order valence-electron chi connectivity index (χ1n) is 10.6. The van der Waals surface area contributed by atoms with Gasteiger partial charge in [0, 0.05) is 0 Å². The molecule has 8 nitrogen and oxygen atoms in total. The van der Waals surface area contributed by atoms with E-state index in [1.54, 1.807) is 0 Å². The Balaban J connectivity index is 6.40. The van der Waals surface area contributed by atoms with E-state index in [2.05, 4.69) is 9.47 Å². The number of rotatable bonds is 18. The van der Waals surface area contributed by atoms with Gasteiger partial charge in [0.2, 0.25) is 0 Å². The maximum atomic E-state index is 13.6. The van der Waals surface area contributed by atoms with Crippen molar-refractivity contribution < 1.29 is 135 Å². The van der Waals surface area contributed by atoms with Crippen LogP contribution in [0.3, 0.4) is 0 Å². The van der Waals surface area contributed by atoms with Crippen molar-refractivity contribution in [1.29, 1.82) is 0 Å². The van der Waals surface area contributed by atoms with E-state index in [4.69, 9.17) is 0 Å². The van der Waals surface area contributed by atoms with Crippen molar-refractivity contribution in [1.82, 2.24) is 0 Å². The summed E-state index contributed by atoms with van der Waals surface area (Å²) in [6.45, 7) is -1.35. The van der Waals surface area contributed by atoms with Crippen LogP contribution in [0, 0.1) is 0 Å². The Hall–Kier alpha value is -2.76. The van der Waals surface area contributed by atoms with Crippen molar-refractivity contribution in [3.05, 3.63) is 0 Å². The Kier molecular flexibility index (Phi) is 12.2. The lowest BCUT2D eigenvalue weighted by atomic mass is 10.2. The van der Waals surface area contributed by atoms with E-state index in [1.807, 2.05) is 0 Å². The molecule has 0 spiro atoms. The smallest absolute Gasteiger partial charge is 0.453 e. The molecule has 0 radical (unpaired) electrons. The third-order valence-corrected chi connectivity index (χ3v) is 4.23. The third kappa shape index (κ3) is 8.46. The predicted octanol–water partition coefficient (Wildman–Crippen LogP) is 6.83. The molecule has 0 aliphatic heterocycles. The van der Waals surface area contributed by atoms with Crippen LogP contribution in [0.2, 0.25) is 0 Å². The molecular weight excluding hydrogens is 750 g/mol. The van der Waals surface area contributed by atoms with E-state index in [-0.39, 0.29) is 0 Å². The van der Waals surface area contributed by atoms with Crippen LogP contribution in [-0.2, 0) is 38.0 Å². The first kappa shape index (κ1) is 44.2. The highest BCUT2D eigenvalue weighted by atomic mass is 19.4. The quantitative estimate of drug-likeness (QED) is 0.111. The highest BCUT2D eigenvalue weighted by Gasteiger charge is 2.83. The average molecular weight is 760 g/mol. The summed E-state index contributed by atoms with van der Waals surface area (Å²) in [7, 11) is 0. The van der Waals surface area contributed by atoms with Crippen LogP contribution in [0.4, 0.5) is 96.6 Å². The van der Waals surface area contributed by atoms with E-state index in [1.165, 1.54) is 18.9 Å². The van der Waals surface area contributed by atoms with Crippen LogP contribution in [0.25, 0.3) is 0 Å². The van der Waals surface area contributed by atoms with Gasteiger partial charge in [-0.05, 0) is 13.8 Å². The molecule has 0 aromatic rings. The predicted molar refractivity (Wildman–Crippen MR) is 92.0 cm³/mol. The number of ether oxygens (including phenoxy) is 6. The van der Waals surface area contributed by atoms with E-state index in [9.17, 15) is 106 Å². The van der Waals surface area contributed by atoms with Gasteiger partial charge < -0.3 is 9.47 Å². The molecule has 0 aliphatic rings. The average Bonchev–Trinajstić information content (AvgIpc) is 2.81. The fraction of sp³-hybridized carbons (Fsp3) is 0.882. The molecule has 280 valence electrons. The minimum atomic E-state index is -8.52. The van der Waals surface area contributed by atoms with Gasteiger partial charge in [0.05, 0.1) is 13.2 Å². The van der Waals surface area contributed by atoms with Gasteiger partial charge in [0.25, 0.3) is 0 Å². The lowest BCUT2D eigenvalue weighted by Gasteiger charge is -2.38. The van der Waals surface area contributed by atoms with Gasteiger partial charge in [-0.25, -0.2) is 28.5 Å². The third-order valence-electron chi connectivity index (χ3n) is 4.23. The van der Waals surface area contributed by atoms with E-state index >= 15 is 0 Å². The SMILES string of the molecule is CCOC(=O)C(F)(F)C(F)(F)OC(F)(F)C(F)(F)OC(F)(F)C(F)(F)C(F)(F)OC(F)(F)C(F)(F)OC(F)(F)C(F)(F)C(=O)OCC. The number of hydrogen-bond donors (Lipinski definition) is 0. The van der Waals surface area contributed by atoms with Gasteiger partial charge in [0.15, 0.2) is 0 Å². The van der Waals surface area contributed by atoms with Gasteiger partial charge in [-0.15, -0.1) is 0 Å². The van der Waals surface area contributed by atoms with Crippen molar-refractivity contribution in [2.24, 2.45) is 0 Å². The fourth-order valence-electron chi connectivity index (χ4n) is 1.99. The van der Waals surface area contributed by atoms with Gasteiger partial charge in [-0.3, -0.25) is 0 Å². The largest absolute Gasteiger partial charge is 0.461 e.